The van der Waals surface area contributed by atoms with Crippen molar-refractivity contribution >= 4 is 21.8 Å². The molecule has 1 heterocycles. The van der Waals surface area contributed by atoms with Crippen molar-refractivity contribution in [3.05, 3.63) is 34.3 Å². The summed E-state index contributed by atoms with van der Waals surface area (Å²) in [6, 6.07) is 8.52. The summed E-state index contributed by atoms with van der Waals surface area (Å²) >= 11 is 3.50. The molecule has 1 aliphatic heterocycles. The van der Waals surface area contributed by atoms with Gasteiger partial charge in [-0.15, -0.1) is 0 Å². The van der Waals surface area contributed by atoms with Gasteiger partial charge in [-0.25, -0.2) is 0 Å². The molecule has 1 saturated heterocycles. The Morgan fingerprint density at radius 1 is 1.48 bits per heavy atom. The molecule has 1 aromatic rings. The van der Waals surface area contributed by atoms with E-state index in [4.69, 9.17) is 4.74 Å². The predicted molar refractivity (Wildman–Crippen MR) is 85.0 cm³/mol. The molecule has 0 radical (unpaired) electrons. The van der Waals surface area contributed by atoms with Gasteiger partial charge in [-0.2, -0.15) is 0 Å². The molecule has 5 heteroatoms. The molecule has 0 unspecified atom stereocenters. The maximum atomic E-state index is 12.2. The number of carbonyl (C=O) groups excluding carboxylic acids is 1. The molecule has 114 valence electrons. The van der Waals surface area contributed by atoms with Gasteiger partial charge in [0.15, 0.2) is 0 Å². The Hall–Kier alpha value is -0.910. The molecule has 4 nitrogen and oxygen atoms in total. The second-order valence-corrected chi connectivity index (χ2v) is 6.78. The van der Waals surface area contributed by atoms with Gasteiger partial charge in [0, 0.05) is 23.6 Å². The number of hydrogen-bond donors (Lipinski definition) is 1. The summed E-state index contributed by atoms with van der Waals surface area (Å²) in [5, 5.41) is 3.09. The van der Waals surface area contributed by atoms with Crippen molar-refractivity contribution < 1.29 is 9.53 Å². The van der Waals surface area contributed by atoms with E-state index in [0.717, 1.165) is 36.0 Å². The lowest BCUT2D eigenvalue weighted by molar-refractivity contribution is -0.129. The van der Waals surface area contributed by atoms with Gasteiger partial charge < -0.3 is 10.1 Å². The quantitative estimate of drug-likeness (QED) is 0.904. The lowest BCUT2D eigenvalue weighted by Crippen LogP contribution is -2.50. The van der Waals surface area contributed by atoms with E-state index in [1.54, 1.807) is 0 Å². The van der Waals surface area contributed by atoms with Crippen molar-refractivity contribution in [3.8, 4) is 0 Å². The Morgan fingerprint density at radius 2 is 2.29 bits per heavy atom. The fourth-order valence-corrected chi connectivity index (χ4v) is 3.06. The number of hydrogen-bond acceptors (Lipinski definition) is 3. The van der Waals surface area contributed by atoms with Crippen LogP contribution in [-0.2, 0) is 9.53 Å². The first-order chi connectivity index (χ1) is 10.1. The van der Waals surface area contributed by atoms with Gasteiger partial charge in [-0.05, 0) is 37.5 Å². The molecule has 1 N–H and O–H groups in total. The number of benzene rings is 1. The molecule has 0 bridgehead atoms. The normalized spacial score (nSPS) is 24.6. The van der Waals surface area contributed by atoms with E-state index in [1.165, 1.54) is 0 Å². The molecule has 0 aromatic heterocycles. The highest BCUT2D eigenvalue weighted by atomic mass is 79.9. The number of carbonyl (C=O) groups is 1. The standard InChI is InChI=1S/C16H21BrN2O2/c1-11(16(20)18-14-5-6-14)19-7-8-21-15(10-19)12-3-2-4-13(17)9-12/h2-4,9,11,14-15H,5-8,10H2,1H3,(H,18,20)/t11-,15+/m1/s1. The van der Waals surface area contributed by atoms with E-state index >= 15 is 0 Å². The van der Waals surface area contributed by atoms with Crippen molar-refractivity contribution in [3.63, 3.8) is 0 Å². The second-order valence-electron chi connectivity index (χ2n) is 5.87. The number of ether oxygens (including phenoxy) is 1. The molecule has 1 amide bonds. The molecule has 1 saturated carbocycles. The fraction of sp³-hybridized carbons (Fsp3) is 0.562. The first-order valence-electron chi connectivity index (χ1n) is 7.55. The zero-order valence-electron chi connectivity index (χ0n) is 12.2. The molecule has 2 aliphatic rings. The summed E-state index contributed by atoms with van der Waals surface area (Å²) in [6.07, 6.45) is 2.29. The highest BCUT2D eigenvalue weighted by Crippen LogP contribution is 2.26. The van der Waals surface area contributed by atoms with Crippen molar-refractivity contribution in [1.82, 2.24) is 10.2 Å². The van der Waals surface area contributed by atoms with Crippen LogP contribution in [0.25, 0.3) is 0 Å². The van der Waals surface area contributed by atoms with Crippen LogP contribution < -0.4 is 5.32 Å². The summed E-state index contributed by atoms with van der Waals surface area (Å²) in [7, 11) is 0. The lowest BCUT2D eigenvalue weighted by Gasteiger charge is -2.36. The topological polar surface area (TPSA) is 41.6 Å². The maximum absolute atomic E-state index is 12.2. The third kappa shape index (κ3) is 3.84. The van der Waals surface area contributed by atoms with Crippen molar-refractivity contribution in [1.29, 1.82) is 0 Å². The number of nitrogens with zero attached hydrogens (tertiary/aromatic N) is 1. The summed E-state index contributed by atoms with van der Waals surface area (Å²) < 4.78 is 6.93. The number of nitrogens with one attached hydrogen (secondary N) is 1. The predicted octanol–water partition coefficient (Wildman–Crippen LogP) is 2.49. The van der Waals surface area contributed by atoms with Crippen molar-refractivity contribution in [2.45, 2.75) is 38.0 Å². The Labute approximate surface area is 134 Å². The molecule has 2 fully saturated rings. The summed E-state index contributed by atoms with van der Waals surface area (Å²) in [6.45, 7) is 4.22. The van der Waals surface area contributed by atoms with E-state index in [1.807, 2.05) is 19.1 Å². The largest absolute Gasteiger partial charge is 0.371 e. The molecule has 0 spiro atoms. The zero-order valence-corrected chi connectivity index (χ0v) is 13.8. The summed E-state index contributed by atoms with van der Waals surface area (Å²) in [5.74, 6) is 0.146. The van der Waals surface area contributed by atoms with Crippen LogP contribution in [0.1, 0.15) is 31.4 Å². The minimum absolute atomic E-state index is 0.0347. The minimum Gasteiger partial charge on any atom is -0.371 e. The van der Waals surface area contributed by atoms with Gasteiger partial charge in [0.05, 0.1) is 18.8 Å². The van der Waals surface area contributed by atoms with Crippen LogP contribution in [0.15, 0.2) is 28.7 Å². The van der Waals surface area contributed by atoms with Crippen molar-refractivity contribution in [2.24, 2.45) is 0 Å². The molecular weight excluding hydrogens is 332 g/mol. The summed E-state index contributed by atoms with van der Waals surface area (Å²) in [4.78, 5) is 14.4. The SMILES string of the molecule is C[C@H](C(=O)NC1CC1)N1CCO[C@H](c2cccc(Br)c2)C1. The molecule has 1 aliphatic carbocycles. The fourth-order valence-electron chi connectivity index (χ4n) is 2.64. The van der Waals surface area contributed by atoms with Crippen LogP contribution in [0.4, 0.5) is 0 Å². The van der Waals surface area contributed by atoms with Gasteiger partial charge in [0.1, 0.15) is 0 Å². The van der Waals surface area contributed by atoms with Crippen LogP contribution in [0.2, 0.25) is 0 Å². The number of morpholine rings is 1. The minimum atomic E-state index is -0.0934. The van der Waals surface area contributed by atoms with Crippen LogP contribution >= 0.6 is 15.9 Å². The second kappa shape index (κ2) is 6.46. The lowest BCUT2D eigenvalue weighted by atomic mass is 10.1. The molecule has 2 atom stereocenters. The first kappa shape index (κ1) is 15.0. The van der Waals surface area contributed by atoms with Crippen LogP contribution in [-0.4, -0.2) is 42.6 Å². The van der Waals surface area contributed by atoms with Gasteiger partial charge in [-0.1, -0.05) is 28.1 Å². The zero-order chi connectivity index (χ0) is 14.8. The number of rotatable bonds is 4. The Bertz CT molecular complexity index is 519. The number of amides is 1. The monoisotopic (exact) mass is 352 g/mol. The van der Waals surface area contributed by atoms with Crippen LogP contribution in [0.3, 0.4) is 0 Å². The first-order valence-corrected chi connectivity index (χ1v) is 8.34. The Balaban J connectivity index is 1.63. The van der Waals surface area contributed by atoms with Gasteiger partial charge in [0.2, 0.25) is 5.91 Å². The Morgan fingerprint density at radius 3 is 3.00 bits per heavy atom. The average Bonchev–Trinajstić information content (AvgIpc) is 3.30. The number of halogens is 1. The molecule has 1 aromatic carbocycles. The summed E-state index contributed by atoms with van der Waals surface area (Å²) in [5.41, 5.74) is 1.16. The molecular formula is C16H21BrN2O2. The van der Waals surface area contributed by atoms with E-state index < -0.39 is 0 Å². The molecule has 21 heavy (non-hydrogen) atoms. The smallest absolute Gasteiger partial charge is 0.237 e. The van der Waals surface area contributed by atoms with E-state index in [2.05, 4.69) is 38.3 Å². The maximum Gasteiger partial charge on any atom is 0.237 e. The van der Waals surface area contributed by atoms with Crippen LogP contribution in [0.5, 0.6) is 0 Å². The van der Waals surface area contributed by atoms with Crippen molar-refractivity contribution in [2.75, 3.05) is 19.7 Å². The van der Waals surface area contributed by atoms with Gasteiger partial charge >= 0.3 is 0 Å². The Kier molecular flexibility index (Phi) is 4.62. The van der Waals surface area contributed by atoms with Crippen LogP contribution in [0, 0.1) is 0 Å². The van der Waals surface area contributed by atoms with E-state index in [0.29, 0.717) is 12.6 Å². The highest BCUT2D eigenvalue weighted by molar-refractivity contribution is 9.10. The van der Waals surface area contributed by atoms with E-state index in [-0.39, 0.29) is 18.1 Å². The van der Waals surface area contributed by atoms with Gasteiger partial charge in [0.25, 0.3) is 0 Å². The highest BCUT2D eigenvalue weighted by Gasteiger charge is 2.31. The third-order valence-corrected chi connectivity index (χ3v) is 4.66. The van der Waals surface area contributed by atoms with E-state index in [9.17, 15) is 4.79 Å². The van der Waals surface area contributed by atoms with Gasteiger partial charge in [-0.3, -0.25) is 9.69 Å². The third-order valence-electron chi connectivity index (χ3n) is 4.17. The average molecular weight is 353 g/mol. The molecule has 3 rings (SSSR count).